The normalized spacial score (nSPS) is 9.57. The molecule has 1 heteroatoms. The second-order valence-corrected chi connectivity index (χ2v) is 3.76. The van der Waals surface area contributed by atoms with Crippen LogP contribution in [0.4, 0.5) is 0 Å². The summed E-state index contributed by atoms with van der Waals surface area (Å²) >= 11 is 0. The quantitative estimate of drug-likeness (QED) is 0.702. The first kappa shape index (κ1) is 10.8. The highest BCUT2D eigenvalue weighted by molar-refractivity contribution is 5.14. The van der Waals surface area contributed by atoms with Crippen molar-refractivity contribution < 1.29 is 0 Å². The number of aryl methyl sites for hydroxylation is 1. The van der Waals surface area contributed by atoms with Crippen LogP contribution in [0.15, 0.2) is 42.1 Å². The third kappa shape index (κ3) is 4.70. The Morgan fingerprint density at radius 2 is 1.93 bits per heavy atom. The van der Waals surface area contributed by atoms with Gasteiger partial charge in [-0.15, -0.1) is 0 Å². The minimum absolute atomic E-state index is 1.06. The fourth-order valence-corrected chi connectivity index (χ4v) is 1.32. The maximum Gasteiger partial charge on any atom is 0.0144 e. The van der Waals surface area contributed by atoms with Crippen LogP contribution in [-0.2, 0) is 6.42 Å². The first-order chi connectivity index (χ1) is 6.79. The van der Waals surface area contributed by atoms with E-state index in [0.29, 0.717) is 0 Å². The van der Waals surface area contributed by atoms with Crippen LogP contribution in [0.5, 0.6) is 0 Å². The van der Waals surface area contributed by atoms with Crippen LogP contribution in [-0.4, -0.2) is 6.54 Å². The van der Waals surface area contributed by atoms with Crippen molar-refractivity contribution >= 4 is 0 Å². The SMILES string of the molecule is CC(C)=CNCCCc1ccccc1. The number of hydrogen-bond acceptors (Lipinski definition) is 1. The average Bonchev–Trinajstić information content (AvgIpc) is 2.18. The van der Waals surface area contributed by atoms with E-state index in [1.54, 1.807) is 0 Å². The summed E-state index contributed by atoms with van der Waals surface area (Å²) in [6.45, 7) is 5.26. The van der Waals surface area contributed by atoms with Gasteiger partial charge in [0.05, 0.1) is 0 Å². The summed E-state index contributed by atoms with van der Waals surface area (Å²) < 4.78 is 0. The fraction of sp³-hybridized carbons (Fsp3) is 0.385. The molecule has 0 aromatic heterocycles. The van der Waals surface area contributed by atoms with Crippen LogP contribution >= 0.6 is 0 Å². The molecule has 0 heterocycles. The Bertz CT molecular complexity index is 271. The monoisotopic (exact) mass is 189 g/mol. The number of rotatable bonds is 5. The third-order valence-corrected chi connectivity index (χ3v) is 2.02. The molecule has 0 aliphatic rings. The lowest BCUT2D eigenvalue weighted by atomic mass is 10.1. The van der Waals surface area contributed by atoms with Gasteiger partial charge in [-0.25, -0.2) is 0 Å². The Labute approximate surface area is 86.8 Å². The van der Waals surface area contributed by atoms with E-state index in [2.05, 4.69) is 55.7 Å². The van der Waals surface area contributed by atoms with Gasteiger partial charge in [0.1, 0.15) is 0 Å². The van der Waals surface area contributed by atoms with E-state index in [1.165, 1.54) is 17.6 Å². The molecular formula is C13H19N. The molecule has 0 aliphatic heterocycles. The van der Waals surface area contributed by atoms with Gasteiger partial charge < -0.3 is 5.32 Å². The number of nitrogens with one attached hydrogen (secondary N) is 1. The van der Waals surface area contributed by atoms with E-state index in [-0.39, 0.29) is 0 Å². The van der Waals surface area contributed by atoms with Gasteiger partial charge in [-0.3, -0.25) is 0 Å². The standard InChI is InChI=1S/C13H19N/c1-12(2)11-14-10-6-9-13-7-4-3-5-8-13/h3-5,7-8,11,14H,6,9-10H2,1-2H3. The van der Waals surface area contributed by atoms with E-state index in [1.807, 2.05) is 0 Å². The Hall–Kier alpha value is -1.24. The van der Waals surface area contributed by atoms with Crippen LogP contribution in [0.1, 0.15) is 25.8 Å². The molecule has 0 spiro atoms. The highest BCUT2D eigenvalue weighted by Gasteiger charge is 1.90. The summed E-state index contributed by atoms with van der Waals surface area (Å²) in [5, 5.41) is 3.29. The third-order valence-electron chi connectivity index (χ3n) is 2.02. The Morgan fingerprint density at radius 3 is 2.57 bits per heavy atom. The largest absolute Gasteiger partial charge is 0.391 e. The van der Waals surface area contributed by atoms with Crippen LogP contribution < -0.4 is 5.32 Å². The van der Waals surface area contributed by atoms with Crippen molar-refractivity contribution in [3.05, 3.63) is 47.7 Å². The van der Waals surface area contributed by atoms with Gasteiger partial charge >= 0.3 is 0 Å². The zero-order chi connectivity index (χ0) is 10.2. The zero-order valence-electron chi connectivity index (χ0n) is 9.09. The van der Waals surface area contributed by atoms with Gasteiger partial charge in [-0.05, 0) is 38.5 Å². The van der Waals surface area contributed by atoms with Crippen molar-refractivity contribution in [1.82, 2.24) is 5.32 Å². The van der Waals surface area contributed by atoms with Gasteiger partial charge in [0.2, 0.25) is 0 Å². The Kier molecular flexibility index (Phi) is 4.84. The van der Waals surface area contributed by atoms with Crippen molar-refractivity contribution in [3.63, 3.8) is 0 Å². The number of hydrogen-bond donors (Lipinski definition) is 1. The lowest BCUT2D eigenvalue weighted by molar-refractivity contribution is 0.748. The summed E-state index contributed by atoms with van der Waals surface area (Å²) in [4.78, 5) is 0. The molecule has 1 aromatic rings. The first-order valence-electron chi connectivity index (χ1n) is 5.20. The van der Waals surface area contributed by atoms with E-state index < -0.39 is 0 Å². The van der Waals surface area contributed by atoms with Crippen LogP contribution in [0.2, 0.25) is 0 Å². The topological polar surface area (TPSA) is 12.0 Å². The fourth-order valence-electron chi connectivity index (χ4n) is 1.32. The first-order valence-corrected chi connectivity index (χ1v) is 5.20. The van der Waals surface area contributed by atoms with Crippen molar-refractivity contribution in [2.24, 2.45) is 0 Å². The molecule has 0 saturated carbocycles. The highest BCUT2D eigenvalue weighted by atomic mass is 14.8. The summed E-state index contributed by atoms with van der Waals surface area (Å²) in [5.74, 6) is 0. The molecule has 0 atom stereocenters. The van der Waals surface area contributed by atoms with E-state index in [9.17, 15) is 0 Å². The van der Waals surface area contributed by atoms with Gasteiger partial charge in [-0.1, -0.05) is 35.9 Å². The minimum atomic E-state index is 1.06. The van der Waals surface area contributed by atoms with E-state index in [0.717, 1.165) is 13.0 Å². The second-order valence-electron chi connectivity index (χ2n) is 3.76. The lowest BCUT2D eigenvalue weighted by Crippen LogP contribution is -2.08. The molecule has 0 bridgehead atoms. The van der Waals surface area contributed by atoms with Gasteiger partial charge in [0.15, 0.2) is 0 Å². The molecule has 0 saturated heterocycles. The van der Waals surface area contributed by atoms with Crippen molar-refractivity contribution in [2.75, 3.05) is 6.54 Å². The average molecular weight is 189 g/mol. The minimum Gasteiger partial charge on any atom is -0.391 e. The van der Waals surface area contributed by atoms with Crippen LogP contribution in [0.25, 0.3) is 0 Å². The molecule has 1 nitrogen and oxygen atoms in total. The molecule has 0 radical (unpaired) electrons. The summed E-state index contributed by atoms with van der Waals surface area (Å²) in [5.41, 5.74) is 2.75. The molecule has 1 N–H and O–H groups in total. The molecular weight excluding hydrogens is 170 g/mol. The Morgan fingerprint density at radius 1 is 1.21 bits per heavy atom. The second kappa shape index (κ2) is 6.25. The lowest BCUT2D eigenvalue weighted by Gasteiger charge is -2.02. The van der Waals surface area contributed by atoms with E-state index >= 15 is 0 Å². The summed E-state index contributed by atoms with van der Waals surface area (Å²) in [6.07, 6.45) is 4.42. The number of allylic oxidation sites excluding steroid dienone is 1. The van der Waals surface area contributed by atoms with Crippen molar-refractivity contribution in [3.8, 4) is 0 Å². The maximum atomic E-state index is 3.29. The molecule has 1 rings (SSSR count). The molecule has 0 aliphatic carbocycles. The van der Waals surface area contributed by atoms with E-state index in [4.69, 9.17) is 0 Å². The van der Waals surface area contributed by atoms with Crippen LogP contribution in [0, 0.1) is 0 Å². The van der Waals surface area contributed by atoms with Crippen molar-refractivity contribution in [2.45, 2.75) is 26.7 Å². The van der Waals surface area contributed by atoms with Gasteiger partial charge in [0, 0.05) is 6.54 Å². The Balaban J connectivity index is 2.14. The molecule has 0 unspecified atom stereocenters. The molecule has 76 valence electrons. The van der Waals surface area contributed by atoms with Crippen LogP contribution in [0.3, 0.4) is 0 Å². The highest BCUT2D eigenvalue weighted by Crippen LogP contribution is 2.01. The predicted octanol–water partition coefficient (Wildman–Crippen LogP) is 3.13. The van der Waals surface area contributed by atoms with Gasteiger partial charge in [0.25, 0.3) is 0 Å². The molecule has 14 heavy (non-hydrogen) atoms. The predicted molar refractivity (Wildman–Crippen MR) is 62.2 cm³/mol. The van der Waals surface area contributed by atoms with Crippen molar-refractivity contribution in [1.29, 1.82) is 0 Å². The summed E-state index contributed by atoms with van der Waals surface area (Å²) in [7, 11) is 0. The number of benzene rings is 1. The smallest absolute Gasteiger partial charge is 0.0144 e. The summed E-state index contributed by atoms with van der Waals surface area (Å²) in [6, 6.07) is 10.6. The van der Waals surface area contributed by atoms with Gasteiger partial charge in [-0.2, -0.15) is 0 Å². The zero-order valence-corrected chi connectivity index (χ0v) is 9.09. The maximum absolute atomic E-state index is 3.29. The molecule has 1 aromatic carbocycles. The molecule has 0 amide bonds. The molecule has 0 fully saturated rings.